The lowest BCUT2D eigenvalue weighted by Gasteiger charge is -2.26. The van der Waals surface area contributed by atoms with Crippen LogP contribution in [-0.2, 0) is 21.2 Å². The zero-order chi connectivity index (χ0) is 21.7. The monoisotopic (exact) mass is 430 g/mol. The molecular formula is C23H30N2O4S. The molecule has 1 amide bonds. The summed E-state index contributed by atoms with van der Waals surface area (Å²) in [5.41, 5.74) is 3.15. The summed E-state index contributed by atoms with van der Waals surface area (Å²) in [6, 6.07) is 13.0. The van der Waals surface area contributed by atoms with Crippen LogP contribution in [0.25, 0.3) is 0 Å². The first-order chi connectivity index (χ1) is 14.4. The van der Waals surface area contributed by atoms with Gasteiger partial charge in [-0.2, -0.15) is 4.31 Å². The third kappa shape index (κ3) is 4.84. The summed E-state index contributed by atoms with van der Waals surface area (Å²) in [6.07, 6.45) is 3.01. The van der Waals surface area contributed by atoms with E-state index in [4.69, 9.17) is 4.74 Å². The molecule has 0 heterocycles. The summed E-state index contributed by atoms with van der Waals surface area (Å²) < 4.78 is 32.4. The lowest BCUT2D eigenvalue weighted by Crippen LogP contribution is -2.34. The van der Waals surface area contributed by atoms with Crippen LogP contribution in [0.1, 0.15) is 49.4 Å². The molecule has 2 aromatic carbocycles. The van der Waals surface area contributed by atoms with E-state index in [-0.39, 0.29) is 23.5 Å². The molecule has 30 heavy (non-hydrogen) atoms. The van der Waals surface area contributed by atoms with E-state index in [1.807, 2.05) is 26.0 Å². The fourth-order valence-electron chi connectivity index (χ4n) is 3.94. The van der Waals surface area contributed by atoms with Crippen molar-refractivity contribution in [3.63, 3.8) is 0 Å². The molecule has 1 aliphatic rings. The Morgan fingerprint density at radius 1 is 1.17 bits per heavy atom. The van der Waals surface area contributed by atoms with Gasteiger partial charge in [-0.15, -0.1) is 0 Å². The second-order valence-corrected chi connectivity index (χ2v) is 9.45. The maximum Gasteiger partial charge on any atom is 0.258 e. The van der Waals surface area contributed by atoms with Crippen molar-refractivity contribution in [2.45, 2.75) is 51.0 Å². The number of sulfonamides is 1. The van der Waals surface area contributed by atoms with Crippen LogP contribution in [0.4, 0.5) is 0 Å². The number of fused-ring (bicyclic) bond motifs is 1. The Hall–Kier alpha value is -2.38. The van der Waals surface area contributed by atoms with Crippen molar-refractivity contribution in [2.75, 3.05) is 19.7 Å². The maximum atomic E-state index is 12.7. The molecule has 0 saturated carbocycles. The molecule has 3 rings (SSSR count). The molecule has 1 aliphatic carbocycles. The molecule has 6 nitrogen and oxygen atoms in total. The molecule has 2 aromatic rings. The van der Waals surface area contributed by atoms with Crippen LogP contribution >= 0.6 is 0 Å². The van der Waals surface area contributed by atoms with Crippen LogP contribution in [0, 0.1) is 6.92 Å². The number of amides is 1. The molecule has 0 fully saturated rings. The van der Waals surface area contributed by atoms with Gasteiger partial charge in [0.25, 0.3) is 5.91 Å². The van der Waals surface area contributed by atoms with E-state index in [1.54, 1.807) is 19.1 Å². The molecule has 0 bridgehead atoms. The van der Waals surface area contributed by atoms with Gasteiger partial charge in [0, 0.05) is 13.1 Å². The number of aryl methyl sites for hydroxylation is 2. The minimum atomic E-state index is -3.52. The third-order valence-corrected chi connectivity index (χ3v) is 7.60. The van der Waals surface area contributed by atoms with Crippen LogP contribution in [-0.4, -0.2) is 38.3 Å². The van der Waals surface area contributed by atoms with E-state index in [0.717, 1.165) is 19.3 Å². The van der Waals surface area contributed by atoms with E-state index in [2.05, 4.69) is 17.4 Å². The summed E-state index contributed by atoms with van der Waals surface area (Å²) >= 11 is 0. The van der Waals surface area contributed by atoms with Gasteiger partial charge in [-0.1, -0.05) is 38.1 Å². The fourth-order valence-corrected chi connectivity index (χ4v) is 5.48. The van der Waals surface area contributed by atoms with Crippen LogP contribution in [0.2, 0.25) is 0 Å². The predicted octanol–water partition coefficient (Wildman–Crippen LogP) is 3.60. The largest absolute Gasteiger partial charge is 0.484 e. The van der Waals surface area contributed by atoms with E-state index >= 15 is 0 Å². The normalized spacial score (nSPS) is 16.2. The van der Waals surface area contributed by atoms with Crippen molar-refractivity contribution < 1.29 is 17.9 Å². The molecule has 0 radical (unpaired) electrons. The second kappa shape index (κ2) is 9.62. The van der Waals surface area contributed by atoms with Crippen molar-refractivity contribution in [3.8, 4) is 5.75 Å². The zero-order valence-electron chi connectivity index (χ0n) is 17.8. The van der Waals surface area contributed by atoms with Gasteiger partial charge in [0.15, 0.2) is 6.61 Å². The maximum absolute atomic E-state index is 12.7. The second-order valence-electron chi connectivity index (χ2n) is 7.52. The molecule has 0 aliphatic heterocycles. The average molecular weight is 431 g/mol. The topological polar surface area (TPSA) is 75.7 Å². The molecule has 162 valence electrons. The van der Waals surface area contributed by atoms with Gasteiger partial charge in [0.2, 0.25) is 10.0 Å². The number of carbonyl (C=O) groups excluding carboxylic acids is 1. The molecule has 1 atom stereocenters. The summed E-state index contributed by atoms with van der Waals surface area (Å²) in [5, 5.41) is 3.06. The van der Waals surface area contributed by atoms with Gasteiger partial charge in [0.1, 0.15) is 5.75 Å². The summed E-state index contributed by atoms with van der Waals surface area (Å²) in [6.45, 7) is 6.14. The molecule has 0 spiro atoms. The van der Waals surface area contributed by atoms with Crippen molar-refractivity contribution in [1.29, 1.82) is 0 Å². The Bertz CT molecular complexity index is 1000. The highest BCUT2D eigenvalue weighted by molar-refractivity contribution is 7.89. The first-order valence-electron chi connectivity index (χ1n) is 10.5. The predicted molar refractivity (Wildman–Crippen MR) is 117 cm³/mol. The number of rotatable bonds is 8. The van der Waals surface area contributed by atoms with E-state index in [0.29, 0.717) is 24.4 Å². The van der Waals surface area contributed by atoms with Crippen LogP contribution in [0.15, 0.2) is 47.4 Å². The Labute approximate surface area is 179 Å². The Morgan fingerprint density at radius 2 is 1.90 bits per heavy atom. The average Bonchev–Trinajstić information content (AvgIpc) is 2.73. The van der Waals surface area contributed by atoms with Crippen molar-refractivity contribution in [3.05, 3.63) is 59.2 Å². The van der Waals surface area contributed by atoms with E-state index in [9.17, 15) is 13.2 Å². The number of ether oxygens (including phenoxy) is 1. The summed E-state index contributed by atoms with van der Waals surface area (Å²) in [4.78, 5) is 12.7. The Morgan fingerprint density at radius 3 is 2.60 bits per heavy atom. The highest BCUT2D eigenvalue weighted by Gasteiger charge is 2.23. The van der Waals surface area contributed by atoms with Gasteiger partial charge in [-0.3, -0.25) is 4.79 Å². The SMILES string of the molecule is CCN(CC)S(=O)(=O)c1ccc(OCC(=O)N[C@H]2CCCc3ccccc32)c(C)c1. The smallest absolute Gasteiger partial charge is 0.258 e. The lowest BCUT2D eigenvalue weighted by atomic mass is 9.88. The zero-order valence-corrected chi connectivity index (χ0v) is 18.7. The fraction of sp³-hybridized carbons (Fsp3) is 0.435. The molecule has 0 saturated heterocycles. The van der Waals surface area contributed by atoms with Crippen molar-refractivity contribution in [1.82, 2.24) is 9.62 Å². The van der Waals surface area contributed by atoms with E-state index < -0.39 is 10.0 Å². The highest BCUT2D eigenvalue weighted by Crippen LogP contribution is 2.29. The highest BCUT2D eigenvalue weighted by atomic mass is 32.2. The minimum Gasteiger partial charge on any atom is -0.484 e. The first-order valence-corrected chi connectivity index (χ1v) is 11.9. The lowest BCUT2D eigenvalue weighted by molar-refractivity contribution is -0.124. The van der Waals surface area contributed by atoms with Crippen LogP contribution in [0.3, 0.4) is 0 Å². The van der Waals surface area contributed by atoms with Crippen molar-refractivity contribution >= 4 is 15.9 Å². The van der Waals surface area contributed by atoms with Crippen LogP contribution in [0.5, 0.6) is 5.75 Å². The number of nitrogens with one attached hydrogen (secondary N) is 1. The number of carbonyl (C=O) groups is 1. The van der Waals surface area contributed by atoms with Gasteiger partial charge in [0.05, 0.1) is 10.9 Å². The molecule has 7 heteroatoms. The Kier molecular flexibility index (Phi) is 7.15. The molecular weight excluding hydrogens is 400 g/mol. The Balaban J connectivity index is 1.63. The third-order valence-electron chi connectivity index (χ3n) is 5.55. The van der Waals surface area contributed by atoms with Crippen molar-refractivity contribution in [2.24, 2.45) is 0 Å². The quantitative estimate of drug-likeness (QED) is 0.694. The first kappa shape index (κ1) is 22.3. The number of hydrogen-bond acceptors (Lipinski definition) is 4. The minimum absolute atomic E-state index is 0.00809. The van der Waals surface area contributed by atoms with Gasteiger partial charge in [-0.05, 0) is 61.1 Å². The molecule has 0 aromatic heterocycles. The summed E-state index contributed by atoms with van der Waals surface area (Å²) in [7, 11) is -3.52. The molecule has 1 N–H and O–H groups in total. The number of nitrogens with zero attached hydrogens (tertiary/aromatic N) is 1. The molecule has 0 unspecified atom stereocenters. The van der Waals surface area contributed by atoms with E-state index in [1.165, 1.54) is 21.5 Å². The van der Waals surface area contributed by atoms with Gasteiger partial charge < -0.3 is 10.1 Å². The number of benzene rings is 2. The van der Waals surface area contributed by atoms with Gasteiger partial charge in [-0.25, -0.2) is 8.42 Å². The van der Waals surface area contributed by atoms with Crippen LogP contribution < -0.4 is 10.1 Å². The summed E-state index contributed by atoms with van der Waals surface area (Å²) in [5.74, 6) is 0.323. The number of hydrogen-bond donors (Lipinski definition) is 1. The van der Waals surface area contributed by atoms with Gasteiger partial charge >= 0.3 is 0 Å². The standard InChI is InChI=1S/C23H30N2O4S/c1-4-25(5-2)30(27,28)19-13-14-22(17(3)15-19)29-16-23(26)24-21-12-8-10-18-9-6-7-11-20(18)21/h6-7,9,11,13-15,21H,4-5,8,10,12,16H2,1-3H3,(H,24,26)/t21-/m0/s1.